The maximum atomic E-state index is 13.8. The van der Waals surface area contributed by atoms with Gasteiger partial charge < -0.3 is 5.32 Å². The molecular formula is C16H16ClFN4O2S2. The largest absolute Gasteiger partial charge is 0.323 e. The Morgan fingerprint density at radius 3 is 2.77 bits per heavy atom. The Balaban J connectivity index is 1.63. The zero-order valence-corrected chi connectivity index (χ0v) is 16.4. The van der Waals surface area contributed by atoms with Crippen molar-refractivity contribution in [3.63, 3.8) is 0 Å². The van der Waals surface area contributed by atoms with Gasteiger partial charge in [-0.1, -0.05) is 34.7 Å². The fourth-order valence-electron chi connectivity index (χ4n) is 2.26. The van der Waals surface area contributed by atoms with E-state index in [0.717, 1.165) is 18.9 Å². The summed E-state index contributed by atoms with van der Waals surface area (Å²) in [5.74, 6) is -1.02. The minimum absolute atomic E-state index is 0.0656. The summed E-state index contributed by atoms with van der Waals surface area (Å²) >= 11 is 8.18. The highest BCUT2D eigenvalue weighted by atomic mass is 35.5. The lowest BCUT2D eigenvalue weighted by molar-refractivity contribution is -0.117. The van der Waals surface area contributed by atoms with Crippen molar-refractivity contribution in [2.75, 3.05) is 10.2 Å². The molecule has 1 fully saturated rings. The lowest BCUT2D eigenvalue weighted by Crippen LogP contribution is -2.30. The third kappa shape index (κ3) is 4.52. The Bertz CT molecular complexity index is 843. The number of hydrogen-bond acceptors (Lipinski definition) is 6. The maximum absolute atomic E-state index is 13.8. The van der Waals surface area contributed by atoms with Crippen molar-refractivity contribution in [2.45, 2.75) is 42.3 Å². The molecule has 1 N–H and O–H groups in total. The molecule has 26 heavy (non-hydrogen) atoms. The second-order valence-corrected chi connectivity index (χ2v) is 8.82. The van der Waals surface area contributed by atoms with Crippen LogP contribution in [-0.4, -0.2) is 33.3 Å². The monoisotopic (exact) mass is 414 g/mol. The van der Waals surface area contributed by atoms with Crippen molar-refractivity contribution in [3.05, 3.63) is 29.0 Å². The van der Waals surface area contributed by atoms with Crippen LogP contribution in [0.1, 0.15) is 26.7 Å². The van der Waals surface area contributed by atoms with Crippen LogP contribution in [0.5, 0.6) is 0 Å². The number of carbonyl (C=O) groups is 2. The summed E-state index contributed by atoms with van der Waals surface area (Å²) in [5, 5.41) is 10.9. The predicted molar refractivity (Wildman–Crippen MR) is 101 cm³/mol. The molecule has 1 unspecified atom stereocenters. The van der Waals surface area contributed by atoms with Crippen molar-refractivity contribution < 1.29 is 14.0 Å². The second kappa shape index (κ2) is 7.89. The van der Waals surface area contributed by atoms with E-state index in [1.807, 2.05) is 0 Å². The van der Waals surface area contributed by atoms with Gasteiger partial charge in [-0.2, -0.15) is 0 Å². The number of anilines is 2. The quantitative estimate of drug-likeness (QED) is 0.571. The van der Waals surface area contributed by atoms with E-state index in [9.17, 15) is 14.0 Å². The molecule has 1 atom stereocenters. The first-order valence-corrected chi connectivity index (χ1v) is 9.98. The molecule has 1 aromatic carbocycles. The van der Waals surface area contributed by atoms with E-state index in [-0.39, 0.29) is 28.6 Å². The minimum atomic E-state index is -0.595. The molecule has 0 bridgehead atoms. The maximum Gasteiger partial charge on any atom is 0.237 e. The standard InChI is InChI=1S/C16H16ClFN4O2S2/c1-8(14(24)19-13-6-3-10(17)7-12(13)18)25-16-21-20-15(26-16)22(9(2)23)11-4-5-11/h3,6-8,11H,4-5H2,1-2H3,(H,19,24). The molecule has 2 aromatic rings. The Labute approximate surface area is 163 Å². The molecular weight excluding hydrogens is 399 g/mol. The molecule has 0 radical (unpaired) electrons. The number of hydrogen-bond donors (Lipinski definition) is 1. The number of benzene rings is 1. The molecule has 2 amide bonds. The molecule has 0 spiro atoms. The predicted octanol–water partition coefficient (Wildman–Crippen LogP) is 3.97. The topological polar surface area (TPSA) is 75.2 Å². The third-order valence-corrected chi connectivity index (χ3v) is 6.03. The van der Waals surface area contributed by atoms with E-state index in [2.05, 4.69) is 15.5 Å². The van der Waals surface area contributed by atoms with E-state index >= 15 is 0 Å². The number of thioether (sulfide) groups is 1. The SMILES string of the molecule is CC(=O)N(c1nnc(SC(C)C(=O)Nc2ccc(Cl)cc2F)s1)C1CC1. The highest BCUT2D eigenvalue weighted by Crippen LogP contribution is 2.36. The third-order valence-electron chi connectivity index (χ3n) is 3.69. The summed E-state index contributed by atoms with van der Waals surface area (Å²) in [5.41, 5.74) is 0.0706. The number of nitrogens with one attached hydrogen (secondary N) is 1. The molecule has 1 aliphatic rings. The molecule has 0 aliphatic heterocycles. The number of rotatable bonds is 6. The van der Waals surface area contributed by atoms with Crippen LogP contribution in [0.2, 0.25) is 5.02 Å². The fraction of sp³-hybridized carbons (Fsp3) is 0.375. The molecule has 0 saturated heterocycles. The molecule has 1 saturated carbocycles. The summed E-state index contributed by atoms with van der Waals surface area (Å²) in [7, 11) is 0. The van der Waals surface area contributed by atoms with Crippen molar-refractivity contribution in [1.82, 2.24) is 10.2 Å². The van der Waals surface area contributed by atoms with Crippen LogP contribution < -0.4 is 10.2 Å². The smallest absolute Gasteiger partial charge is 0.237 e. The van der Waals surface area contributed by atoms with Gasteiger partial charge in [-0.25, -0.2) is 4.39 Å². The average molecular weight is 415 g/mol. The average Bonchev–Trinajstić information content (AvgIpc) is 3.29. The number of halogens is 2. The van der Waals surface area contributed by atoms with Crippen molar-refractivity contribution in [1.29, 1.82) is 0 Å². The Morgan fingerprint density at radius 1 is 1.42 bits per heavy atom. The molecule has 1 aliphatic carbocycles. The molecule has 1 heterocycles. The van der Waals surface area contributed by atoms with Gasteiger partial charge in [-0.3, -0.25) is 14.5 Å². The minimum Gasteiger partial charge on any atom is -0.323 e. The lowest BCUT2D eigenvalue weighted by atomic mass is 10.3. The van der Waals surface area contributed by atoms with Gasteiger partial charge in [0.1, 0.15) is 5.82 Å². The van der Waals surface area contributed by atoms with Crippen LogP contribution in [0.15, 0.2) is 22.5 Å². The van der Waals surface area contributed by atoms with Gasteiger partial charge in [0.25, 0.3) is 0 Å². The zero-order valence-electron chi connectivity index (χ0n) is 14.0. The molecule has 138 valence electrons. The molecule has 6 nitrogen and oxygen atoms in total. The van der Waals surface area contributed by atoms with Crippen LogP contribution in [-0.2, 0) is 9.59 Å². The van der Waals surface area contributed by atoms with Gasteiger partial charge in [0.15, 0.2) is 4.34 Å². The van der Waals surface area contributed by atoms with Gasteiger partial charge in [0.05, 0.1) is 10.9 Å². The van der Waals surface area contributed by atoms with Crippen LogP contribution >= 0.6 is 34.7 Å². The Hall–Kier alpha value is -1.71. The fourth-order valence-corrected chi connectivity index (χ4v) is 4.52. The second-order valence-electron chi connectivity index (χ2n) is 5.84. The van der Waals surface area contributed by atoms with Gasteiger partial charge >= 0.3 is 0 Å². The zero-order chi connectivity index (χ0) is 18.8. The van der Waals surface area contributed by atoms with Gasteiger partial charge in [0, 0.05) is 18.0 Å². The Morgan fingerprint density at radius 2 is 2.15 bits per heavy atom. The van der Waals surface area contributed by atoms with Crippen LogP contribution in [0.25, 0.3) is 0 Å². The number of amides is 2. The highest BCUT2D eigenvalue weighted by Gasteiger charge is 2.34. The van der Waals surface area contributed by atoms with Crippen molar-refractivity contribution in [3.8, 4) is 0 Å². The molecule has 1 aromatic heterocycles. The Kier molecular flexibility index (Phi) is 5.79. The first-order chi connectivity index (χ1) is 12.3. The number of carbonyl (C=O) groups excluding carboxylic acids is 2. The summed E-state index contributed by atoms with van der Waals surface area (Å²) in [4.78, 5) is 25.7. The van der Waals surface area contributed by atoms with Crippen LogP contribution in [0.4, 0.5) is 15.2 Å². The normalized spacial score (nSPS) is 14.8. The summed E-state index contributed by atoms with van der Waals surface area (Å²) in [6, 6.07) is 4.26. The summed E-state index contributed by atoms with van der Waals surface area (Å²) in [6.07, 6.45) is 1.93. The van der Waals surface area contributed by atoms with Gasteiger partial charge in [-0.15, -0.1) is 10.2 Å². The van der Waals surface area contributed by atoms with E-state index in [1.165, 1.54) is 42.2 Å². The van der Waals surface area contributed by atoms with E-state index in [0.29, 0.717) is 9.47 Å². The highest BCUT2D eigenvalue weighted by molar-refractivity contribution is 8.02. The molecule has 3 rings (SSSR count). The number of nitrogens with zero attached hydrogens (tertiary/aromatic N) is 3. The summed E-state index contributed by atoms with van der Waals surface area (Å²) < 4.78 is 14.4. The first kappa shape index (κ1) is 19.1. The van der Waals surface area contributed by atoms with Crippen molar-refractivity contribution in [2.24, 2.45) is 0 Å². The number of aromatic nitrogens is 2. The van der Waals surface area contributed by atoms with Gasteiger partial charge in [-0.05, 0) is 38.0 Å². The molecule has 10 heteroatoms. The lowest BCUT2D eigenvalue weighted by Gasteiger charge is -2.15. The van der Waals surface area contributed by atoms with Crippen LogP contribution in [0, 0.1) is 5.82 Å². The van der Waals surface area contributed by atoms with E-state index in [4.69, 9.17) is 11.6 Å². The van der Waals surface area contributed by atoms with Crippen molar-refractivity contribution >= 4 is 57.3 Å². The van der Waals surface area contributed by atoms with Gasteiger partial charge in [0.2, 0.25) is 16.9 Å². The van der Waals surface area contributed by atoms with Crippen LogP contribution in [0.3, 0.4) is 0 Å². The summed E-state index contributed by atoms with van der Waals surface area (Å²) in [6.45, 7) is 3.20. The first-order valence-electron chi connectivity index (χ1n) is 7.91. The van der Waals surface area contributed by atoms with E-state index in [1.54, 1.807) is 11.8 Å². The van der Waals surface area contributed by atoms with E-state index < -0.39 is 11.1 Å².